The Kier molecular flexibility index (Phi) is 4.03. The monoisotopic (exact) mass is 372 g/mol. The molecular weight excluding hydrogens is 328 g/mol. The van der Waals surface area contributed by atoms with Crippen molar-refractivity contribution >= 4 is 0 Å². The van der Waals surface area contributed by atoms with Crippen LogP contribution in [0.5, 0.6) is 0 Å². The summed E-state index contributed by atoms with van der Waals surface area (Å²) in [6.45, 7) is 21.8. The van der Waals surface area contributed by atoms with Crippen LogP contribution in [0.15, 0.2) is 12.2 Å². The SMILES string of the molecule is C=C(C)[C@H]1CC[C@@]2(C)[C@@H]3CC[C@@]4(C)C[C@](C)(O)CC[C@]4(C)[C@@]3(C)CC[C@]12C. The van der Waals surface area contributed by atoms with E-state index >= 15 is 0 Å². The molecule has 4 fully saturated rings. The molecule has 0 bridgehead atoms. The maximum Gasteiger partial charge on any atom is 0.0625 e. The van der Waals surface area contributed by atoms with Crippen LogP contribution in [-0.2, 0) is 0 Å². The average Bonchev–Trinajstić information content (AvgIpc) is 2.81. The lowest BCUT2D eigenvalue weighted by Gasteiger charge is -2.73. The fourth-order valence-corrected chi connectivity index (χ4v) is 9.71. The zero-order valence-electron chi connectivity index (χ0n) is 19.2. The van der Waals surface area contributed by atoms with Crippen LogP contribution in [0.1, 0.15) is 106 Å². The predicted octanol–water partition coefficient (Wildman–Crippen LogP) is 7.14. The van der Waals surface area contributed by atoms with Crippen molar-refractivity contribution in [1.29, 1.82) is 0 Å². The van der Waals surface area contributed by atoms with Gasteiger partial charge in [0.05, 0.1) is 5.60 Å². The summed E-state index contributed by atoms with van der Waals surface area (Å²) in [5, 5.41) is 10.9. The second-order valence-corrected chi connectivity index (χ2v) is 12.8. The molecule has 27 heavy (non-hydrogen) atoms. The molecule has 4 saturated carbocycles. The summed E-state index contributed by atoms with van der Waals surface area (Å²) in [6, 6.07) is 0. The van der Waals surface area contributed by atoms with Crippen molar-refractivity contribution in [3.05, 3.63) is 12.2 Å². The smallest absolute Gasteiger partial charge is 0.0625 e. The molecular formula is C26H44O. The second kappa shape index (κ2) is 5.44. The minimum Gasteiger partial charge on any atom is -0.390 e. The normalized spacial score (nSPS) is 60.3. The first-order chi connectivity index (χ1) is 12.2. The zero-order valence-corrected chi connectivity index (χ0v) is 19.2. The van der Waals surface area contributed by atoms with E-state index < -0.39 is 5.60 Å². The van der Waals surface area contributed by atoms with Gasteiger partial charge >= 0.3 is 0 Å². The number of rotatable bonds is 1. The van der Waals surface area contributed by atoms with Gasteiger partial charge in [-0.3, -0.25) is 0 Å². The molecule has 0 heterocycles. The average molecular weight is 373 g/mol. The van der Waals surface area contributed by atoms with Gasteiger partial charge in [-0.25, -0.2) is 0 Å². The Morgan fingerprint density at radius 3 is 2.04 bits per heavy atom. The van der Waals surface area contributed by atoms with Gasteiger partial charge in [0.2, 0.25) is 0 Å². The van der Waals surface area contributed by atoms with Crippen LogP contribution in [0.4, 0.5) is 0 Å². The van der Waals surface area contributed by atoms with Gasteiger partial charge in [0, 0.05) is 0 Å². The van der Waals surface area contributed by atoms with Gasteiger partial charge in [-0.2, -0.15) is 0 Å². The third-order valence-electron chi connectivity index (χ3n) is 11.8. The summed E-state index contributed by atoms with van der Waals surface area (Å²) in [4.78, 5) is 0. The molecule has 1 N–H and O–H groups in total. The van der Waals surface area contributed by atoms with E-state index in [1.54, 1.807) is 0 Å². The van der Waals surface area contributed by atoms with Crippen LogP contribution in [0.3, 0.4) is 0 Å². The van der Waals surface area contributed by atoms with E-state index in [2.05, 4.69) is 55.0 Å². The van der Waals surface area contributed by atoms with Gasteiger partial charge in [-0.1, -0.05) is 46.8 Å². The Morgan fingerprint density at radius 1 is 0.778 bits per heavy atom. The zero-order chi connectivity index (χ0) is 20.1. The molecule has 0 aliphatic heterocycles. The van der Waals surface area contributed by atoms with Gasteiger partial charge in [0.25, 0.3) is 0 Å². The summed E-state index contributed by atoms with van der Waals surface area (Å²) >= 11 is 0. The van der Waals surface area contributed by atoms with Gasteiger partial charge in [-0.15, -0.1) is 0 Å². The van der Waals surface area contributed by atoms with Crippen molar-refractivity contribution in [2.75, 3.05) is 0 Å². The Labute approximate surface area is 168 Å². The lowest BCUT2D eigenvalue weighted by Crippen LogP contribution is -2.66. The molecule has 1 heteroatoms. The van der Waals surface area contributed by atoms with Crippen molar-refractivity contribution in [2.24, 2.45) is 38.9 Å². The number of aliphatic hydroxyl groups is 1. The third-order valence-corrected chi connectivity index (χ3v) is 11.8. The molecule has 0 aromatic rings. The molecule has 4 aliphatic carbocycles. The standard InChI is InChI=1S/C26H44O/c1-18(2)19-9-12-24(6)20-10-11-21(3)17-22(4,27)13-16-26(21,8)25(20,7)15-14-23(19,24)5/h19-20,27H,1,9-17H2,2-8H3/t19-,20+,21+,22-,23-,24+,25+,26+/m1/s1. The molecule has 154 valence electrons. The minimum absolute atomic E-state index is 0.274. The van der Waals surface area contributed by atoms with Crippen molar-refractivity contribution in [2.45, 2.75) is 112 Å². The van der Waals surface area contributed by atoms with E-state index in [1.165, 1.54) is 50.5 Å². The maximum atomic E-state index is 10.9. The largest absolute Gasteiger partial charge is 0.390 e. The molecule has 0 spiro atoms. The molecule has 0 aromatic carbocycles. The molecule has 1 nitrogen and oxygen atoms in total. The maximum absolute atomic E-state index is 10.9. The summed E-state index contributed by atoms with van der Waals surface area (Å²) in [5.74, 6) is 1.52. The first-order valence-corrected chi connectivity index (χ1v) is 11.6. The van der Waals surface area contributed by atoms with Crippen LogP contribution in [-0.4, -0.2) is 10.7 Å². The second-order valence-electron chi connectivity index (χ2n) is 12.8. The molecule has 0 radical (unpaired) electrons. The Bertz CT molecular complexity index is 663. The fourth-order valence-electron chi connectivity index (χ4n) is 9.71. The molecule has 0 amide bonds. The van der Waals surface area contributed by atoms with Gasteiger partial charge in [-0.05, 0) is 111 Å². The van der Waals surface area contributed by atoms with Crippen LogP contribution in [0.25, 0.3) is 0 Å². The highest BCUT2D eigenvalue weighted by Gasteiger charge is 2.72. The van der Waals surface area contributed by atoms with E-state index in [0.29, 0.717) is 27.6 Å². The van der Waals surface area contributed by atoms with Crippen LogP contribution in [0, 0.1) is 38.9 Å². The van der Waals surface area contributed by atoms with Gasteiger partial charge in [0.1, 0.15) is 0 Å². The molecule has 0 unspecified atom stereocenters. The summed E-state index contributed by atoms with van der Waals surface area (Å²) in [5.41, 5.74) is 2.83. The molecule has 0 aromatic heterocycles. The van der Waals surface area contributed by atoms with Crippen LogP contribution in [0.2, 0.25) is 0 Å². The van der Waals surface area contributed by atoms with Gasteiger partial charge in [0.15, 0.2) is 0 Å². The number of fused-ring (bicyclic) bond motifs is 5. The van der Waals surface area contributed by atoms with E-state index in [9.17, 15) is 5.11 Å². The van der Waals surface area contributed by atoms with E-state index in [0.717, 1.165) is 18.8 Å². The first kappa shape index (κ1) is 20.0. The molecule has 8 atom stereocenters. The number of allylic oxidation sites excluding steroid dienone is 1. The number of hydrogen-bond acceptors (Lipinski definition) is 1. The molecule has 4 aliphatic rings. The lowest BCUT2D eigenvalue weighted by molar-refractivity contribution is -0.253. The molecule has 0 saturated heterocycles. The van der Waals surface area contributed by atoms with E-state index in [-0.39, 0.29) is 5.41 Å². The highest BCUT2D eigenvalue weighted by atomic mass is 16.3. The Morgan fingerprint density at radius 2 is 1.41 bits per heavy atom. The van der Waals surface area contributed by atoms with Crippen molar-refractivity contribution in [3.8, 4) is 0 Å². The summed E-state index contributed by atoms with van der Waals surface area (Å²) in [7, 11) is 0. The van der Waals surface area contributed by atoms with Crippen LogP contribution < -0.4 is 0 Å². The Hall–Kier alpha value is -0.300. The summed E-state index contributed by atoms with van der Waals surface area (Å²) in [6.07, 6.45) is 11.3. The minimum atomic E-state index is -0.469. The highest BCUT2D eigenvalue weighted by Crippen LogP contribution is 2.79. The van der Waals surface area contributed by atoms with Crippen molar-refractivity contribution in [1.82, 2.24) is 0 Å². The third kappa shape index (κ3) is 2.22. The topological polar surface area (TPSA) is 20.2 Å². The van der Waals surface area contributed by atoms with E-state index in [1.807, 2.05) is 0 Å². The Balaban J connectivity index is 1.77. The summed E-state index contributed by atoms with van der Waals surface area (Å²) < 4.78 is 0. The number of hydrogen-bond donors (Lipinski definition) is 1. The predicted molar refractivity (Wildman–Crippen MR) is 115 cm³/mol. The molecule has 4 rings (SSSR count). The van der Waals surface area contributed by atoms with Crippen molar-refractivity contribution < 1.29 is 5.11 Å². The van der Waals surface area contributed by atoms with Crippen molar-refractivity contribution in [3.63, 3.8) is 0 Å². The lowest BCUT2D eigenvalue weighted by atomic mass is 9.31. The quantitative estimate of drug-likeness (QED) is 0.485. The highest BCUT2D eigenvalue weighted by molar-refractivity contribution is 5.23. The van der Waals surface area contributed by atoms with Crippen LogP contribution >= 0.6 is 0 Å². The van der Waals surface area contributed by atoms with Gasteiger partial charge < -0.3 is 5.11 Å². The van der Waals surface area contributed by atoms with E-state index in [4.69, 9.17) is 0 Å². The fraction of sp³-hybridized carbons (Fsp3) is 0.923. The first-order valence-electron chi connectivity index (χ1n) is 11.6.